The lowest BCUT2D eigenvalue weighted by atomic mass is 9.91. The minimum atomic E-state index is 0.103. The number of Topliss-reactive ketones (excluding diaryl/α,β-unsaturated/α-hetero) is 1. The van der Waals surface area contributed by atoms with E-state index in [4.69, 9.17) is 4.74 Å². The van der Waals surface area contributed by atoms with Gasteiger partial charge in [0.15, 0.2) is 5.78 Å². The first kappa shape index (κ1) is 12.9. The van der Waals surface area contributed by atoms with E-state index in [2.05, 4.69) is 32.9 Å². The molecule has 0 amide bonds. The van der Waals surface area contributed by atoms with Crippen LogP contribution in [0.1, 0.15) is 50.3 Å². The van der Waals surface area contributed by atoms with Gasteiger partial charge in [-0.05, 0) is 37.8 Å². The second kappa shape index (κ2) is 4.60. The van der Waals surface area contributed by atoms with Crippen molar-refractivity contribution in [2.24, 2.45) is 0 Å². The molecule has 96 valence electrons. The molecule has 1 aromatic carbocycles. The van der Waals surface area contributed by atoms with Crippen molar-refractivity contribution in [3.8, 4) is 5.75 Å². The molecule has 0 spiro atoms. The third kappa shape index (κ3) is 2.20. The van der Waals surface area contributed by atoms with Crippen LogP contribution in [0.5, 0.6) is 5.75 Å². The number of hydrogen-bond donors (Lipinski definition) is 0. The van der Waals surface area contributed by atoms with E-state index < -0.39 is 0 Å². The van der Waals surface area contributed by atoms with E-state index in [9.17, 15) is 4.79 Å². The molecule has 0 unspecified atom stereocenters. The highest BCUT2D eigenvalue weighted by atomic mass is 16.5. The highest BCUT2D eigenvalue weighted by Crippen LogP contribution is 2.37. The van der Waals surface area contributed by atoms with Gasteiger partial charge in [0.05, 0.1) is 0 Å². The standard InChI is InChI=1S/C16H20O2/c1-9(2)14-7-10(3)6-13-8-15(11(4)17)12(5)18-16(13)14/h6-7,9H,8H2,1-5H3. The molecule has 0 aliphatic carbocycles. The molecule has 1 heterocycles. The number of rotatable bonds is 2. The summed E-state index contributed by atoms with van der Waals surface area (Å²) in [6.45, 7) is 9.90. The van der Waals surface area contributed by atoms with Crippen LogP contribution in [0.2, 0.25) is 0 Å². The molecule has 0 bridgehead atoms. The van der Waals surface area contributed by atoms with Gasteiger partial charge in [-0.25, -0.2) is 0 Å². The number of allylic oxidation sites excluding steroid dienone is 2. The smallest absolute Gasteiger partial charge is 0.159 e. The first-order chi connectivity index (χ1) is 8.40. The van der Waals surface area contributed by atoms with Gasteiger partial charge in [0.2, 0.25) is 0 Å². The van der Waals surface area contributed by atoms with Gasteiger partial charge >= 0.3 is 0 Å². The molecule has 2 nitrogen and oxygen atoms in total. The van der Waals surface area contributed by atoms with E-state index in [-0.39, 0.29) is 5.78 Å². The van der Waals surface area contributed by atoms with Crippen molar-refractivity contribution in [3.63, 3.8) is 0 Å². The van der Waals surface area contributed by atoms with Crippen LogP contribution in [-0.2, 0) is 11.2 Å². The Bertz CT molecular complexity index is 536. The summed E-state index contributed by atoms with van der Waals surface area (Å²) < 4.78 is 5.91. The van der Waals surface area contributed by atoms with Gasteiger partial charge in [-0.3, -0.25) is 4.79 Å². The summed E-state index contributed by atoms with van der Waals surface area (Å²) in [5, 5.41) is 0. The number of ether oxygens (including phenoxy) is 1. The zero-order valence-corrected chi connectivity index (χ0v) is 11.8. The van der Waals surface area contributed by atoms with Gasteiger partial charge in [0.1, 0.15) is 11.5 Å². The zero-order valence-electron chi connectivity index (χ0n) is 11.8. The monoisotopic (exact) mass is 244 g/mol. The summed E-state index contributed by atoms with van der Waals surface area (Å²) in [7, 11) is 0. The fourth-order valence-corrected chi connectivity index (χ4v) is 2.46. The first-order valence-corrected chi connectivity index (χ1v) is 6.42. The van der Waals surface area contributed by atoms with Gasteiger partial charge in [0.25, 0.3) is 0 Å². The predicted octanol–water partition coefficient (Wildman–Crippen LogP) is 3.92. The summed E-state index contributed by atoms with van der Waals surface area (Å²) in [5.41, 5.74) is 4.38. The third-order valence-electron chi connectivity index (χ3n) is 3.43. The summed E-state index contributed by atoms with van der Waals surface area (Å²) in [6.07, 6.45) is 0.692. The van der Waals surface area contributed by atoms with Gasteiger partial charge in [0, 0.05) is 12.0 Å². The Morgan fingerprint density at radius 2 is 1.94 bits per heavy atom. The topological polar surface area (TPSA) is 26.3 Å². The van der Waals surface area contributed by atoms with Gasteiger partial charge in [-0.15, -0.1) is 0 Å². The van der Waals surface area contributed by atoms with Crippen LogP contribution < -0.4 is 4.74 Å². The van der Waals surface area contributed by atoms with Crippen molar-refractivity contribution in [2.45, 2.75) is 47.0 Å². The van der Waals surface area contributed by atoms with E-state index in [0.29, 0.717) is 12.3 Å². The average Bonchev–Trinajstić information content (AvgIpc) is 2.27. The Morgan fingerprint density at radius 1 is 1.28 bits per heavy atom. The van der Waals surface area contributed by atoms with Crippen molar-refractivity contribution in [2.75, 3.05) is 0 Å². The lowest BCUT2D eigenvalue weighted by Crippen LogP contribution is -2.15. The van der Waals surface area contributed by atoms with Crippen molar-refractivity contribution in [1.29, 1.82) is 0 Å². The molecule has 0 saturated heterocycles. The molecule has 1 aliphatic rings. The van der Waals surface area contributed by atoms with Crippen molar-refractivity contribution in [1.82, 2.24) is 0 Å². The minimum absolute atomic E-state index is 0.103. The van der Waals surface area contributed by atoms with Crippen LogP contribution in [0.25, 0.3) is 0 Å². The van der Waals surface area contributed by atoms with Crippen molar-refractivity contribution >= 4 is 5.78 Å². The quantitative estimate of drug-likeness (QED) is 0.788. The van der Waals surface area contributed by atoms with Crippen LogP contribution in [0.3, 0.4) is 0 Å². The SMILES string of the molecule is CC(=O)C1=C(C)Oc2c(cc(C)cc2C(C)C)C1. The number of benzene rings is 1. The average molecular weight is 244 g/mol. The van der Waals surface area contributed by atoms with Crippen LogP contribution in [-0.4, -0.2) is 5.78 Å². The van der Waals surface area contributed by atoms with Crippen LogP contribution in [0, 0.1) is 6.92 Å². The molecule has 2 rings (SSSR count). The Labute approximate surface area is 109 Å². The molecular weight excluding hydrogens is 224 g/mol. The van der Waals surface area contributed by atoms with E-state index in [1.165, 1.54) is 11.1 Å². The number of hydrogen-bond acceptors (Lipinski definition) is 2. The summed E-state index contributed by atoms with van der Waals surface area (Å²) >= 11 is 0. The summed E-state index contributed by atoms with van der Waals surface area (Å²) in [4.78, 5) is 11.6. The molecule has 0 atom stereocenters. The van der Waals surface area contributed by atoms with Crippen LogP contribution in [0.15, 0.2) is 23.5 Å². The van der Waals surface area contributed by atoms with Crippen molar-refractivity contribution in [3.05, 3.63) is 40.2 Å². The highest BCUT2D eigenvalue weighted by Gasteiger charge is 2.23. The Balaban J connectivity index is 2.54. The van der Waals surface area contributed by atoms with E-state index in [1.807, 2.05) is 6.92 Å². The number of fused-ring (bicyclic) bond motifs is 1. The summed E-state index contributed by atoms with van der Waals surface area (Å²) in [6, 6.07) is 4.30. The highest BCUT2D eigenvalue weighted by molar-refractivity contribution is 5.94. The molecule has 0 radical (unpaired) electrons. The molecule has 18 heavy (non-hydrogen) atoms. The van der Waals surface area contributed by atoms with E-state index in [1.54, 1.807) is 6.92 Å². The Kier molecular flexibility index (Phi) is 3.29. The molecule has 0 N–H and O–H groups in total. The molecule has 2 heteroatoms. The number of carbonyl (C=O) groups is 1. The maximum Gasteiger partial charge on any atom is 0.159 e. The van der Waals surface area contributed by atoms with E-state index in [0.717, 1.165) is 22.6 Å². The van der Waals surface area contributed by atoms with Gasteiger partial charge < -0.3 is 4.74 Å². The normalized spacial score (nSPS) is 14.6. The molecular formula is C16H20O2. The van der Waals surface area contributed by atoms with Gasteiger partial charge in [-0.1, -0.05) is 31.5 Å². The second-order valence-corrected chi connectivity index (χ2v) is 5.37. The minimum Gasteiger partial charge on any atom is -0.461 e. The van der Waals surface area contributed by atoms with Crippen LogP contribution >= 0.6 is 0 Å². The molecule has 0 fully saturated rings. The molecule has 1 aliphatic heterocycles. The third-order valence-corrected chi connectivity index (χ3v) is 3.43. The Morgan fingerprint density at radius 3 is 2.50 bits per heavy atom. The lowest BCUT2D eigenvalue weighted by Gasteiger charge is -2.25. The van der Waals surface area contributed by atoms with Crippen molar-refractivity contribution < 1.29 is 9.53 Å². The zero-order chi connectivity index (χ0) is 13.4. The fourth-order valence-electron chi connectivity index (χ4n) is 2.46. The maximum atomic E-state index is 11.6. The first-order valence-electron chi connectivity index (χ1n) is 6.42. The largest absolute Gasteiger partial charge is 0.461 e. The second-order valence-electron chi connectivity index (χ2n) is 5.37. The predicted molar refractivity (Wildman–Crippen MR) is 73.0 cm³/mol. The lowest BCUT2D eigenvalue weighted by molar-refractivity contribution is -0.113. The number of aryl methyl sites for hydroxylation is 1. The fraction of sp³-hybridized carbons (Fsp3) is 0.438. The van der Waals surface area contributed by atoms with Gasteiger partial charge in [-0.2, -0.15) is 0 Å². The number of ketones is 1. The number of carbonyl (C=O) groups excluding carboxylic acids is 1. The molecule has 0 aromatic heterocycles. The summed E-state index contributed by atoms with van der Waals surface area (Å²) in [5.74, 6) is 2.23. The van der Waals surface area contributed by atoms with Crippen LogP contribution in [0.4, 0.5) is 0 Å². The van der Waals surface area contributed by atoms with E-state index >= 15 is 0 Å². The molecule has 1 aromatic rings. The Hall–Kier alpha value is -1.57. The maximum absolute atomic E-state index is 11.6. The molecule has 0 saturated carbocycles.